The number of halogens is 3. The summed E-state index contributed by atoms with van der Waals surface area (Å²) in [5.74, 6) is -0.198. The Balaban J connectivity index is 0.000000127. The van der Waals surface area contributed by atoms with Crippen LogP contribution in [0.2, 0.25) is 0 Å². The zero-order chi connectivity index (χ0) is 77.8. The van der Waals surface area contributed by atoms with Gasteiger partial charge in [-0.1, -0.05) is 78.0 Å². The number of fused-ring (bicyclic) bond motifs is 6. The molecule has 4 aromatic carbocycles. The number of rotatable bonds is 15. The molecule has 0 atom stereocenters. The number of H-pyrrole nitrogens is 8. The summed E-state index contributed by atoms with van der Waals surface area (Å²) in [7, 11) is -3.57. The second-order valence-electron chi connectivity index (χ2n) is 30.6. The van der Waals surface area contributed by atoms with E-state index in [0.717, 1.165) is 180 Å². The first-order valence-corrected chi connectivity index (χ1v) is 40.9. The highest BCUT2D eigenvalue weighted by Crippen LogP contribution is 2.49. The molecule has 18 rings (SSSR count). The Bertz CT molecular complexity index is 6470. The zero-order valence-corrected chi connectivity index (χ0v) is 65.8. The fraction of sp³-hybridized carbons (Fsp3) is 0.261. The number of pyridine rings is 2. The third kappa shape index (κ3) is 13.5. The van der Waals surface area contributed by atoms with Crippen LogP contribution >= 0.6 is 0 Å². The maximum absolute atomic E-state index is 14.6. The van der Waals surface area contributed by atoms with E-state index in [4.69, 9.17) is 0 Å². The SMILES string of the molecule is Cc1[nH]c(-c2cc(F)cc3[nH]ccc23)c(C(C)C)c1-c1cccc2c1C=C(C1=NCC=C1)C2.Cc1[nH]c(-c2cc(F)cc3[nH]ccc23)c(C(C)C)c1-c1ccnc2[nH]c(C3=CCN(S(=O)(=O)N(C)C)CC3)cc12.Cc1[nH]c(-c2cc(F)cc3[nH]ccc23)c(C(C)C)c1-c1ccnc2[nH]c(C3=CCN(S(C)(=O)=O)CC3)cc12. The summed E-state index contributed by atoms with van der Waals surface area (Å²) in [5.41, 5.74) is 31.7. The molecule has 3 aliphatic heterocycles. The average molecular weight is 1530 g/mol. The van der Waals surface area contributed by atoms with Crippen molar-refractivity contribution < 1.29 is 30.0 Å². The minimum absolute atomic E-state index is 0.166. The van der Waals surface area contributed by atoms with E-state index < -0.39 is 20.2 Å². The van der Waals surface area contributed by atoms with Crippen LogP contribution in [-0.4, -0.2) is 138 Å². The van der Waals surface area contributed by atoms with Gasteiger partial charge in [-0.15, -0.1) is 0 Å². The van der Waals surface area contributed by atoms with Gasteiger partial charge in [0, 0.05) is 183 Å². The van der Waals surface area contributed by atoms with Gasteiger partial charge in [-0.3, -0.25) is 4.99 Å². The van der Waals surface area contributed by atoms with E-state index in [-0.39, 0.29) is 35.2 Å². The van der Waals surface area contributed by atoms with E-state index in [2.05, 4.69) is 166 Å². The average Bonchev–Trinajstić information content (AvgIpc) is 1.60. The van der Waals surface area contributed by atoms with E-state index in [1.165, 1.54) is 64.7 Å². The highest BCUT2D eigenvalue weighted by atomic mass is 32.2. The lowest BCUT2D eigenvalue weighted by molar-refractivity contribution is 0.396. The molecule has 0 spiro atoms. The number of allylic oxidation sites excluding steroid dienone is 2. The van der Waals surface area contributed by atoms with Crippen LogP contribution in [0.3, 0.4) is 0 Å². The lowest BCUT2D eigenvalue weighted by Gasteiger charge is -2.27. The maximum Gasteiger partial charge on any atom is 0.281 e. The summed E-state index contributed by atoms with van der Waals surface area (Å²) in [4.78, 5) is 41.0. The Morgan fingerprint density at radius 2 is 0.928 bits per heavy atom. The van der Waals surface area contributed by atoms with Crippen molar-refractivity contribution in [2.75, 3.05) is 53.1 Å². The molecule has 0 bridgehead atoms. The highest BCUT2D eigenvalue weighted by molar-refractivity contribution is 7.88. The number of aromatic amines is 8. The largest absolute Gasteiger partial charge is 0.361 e. The first-order chi connectivity index (χ1) is 53.2. The highest BCUT2D eigenvalue weighted by Gasteiger charge is 2.32. The molecule has 0 saturated heterocycles. The smallest absolute Gasteiger partial charge is 0.281 e. The van der Waals surface area contributed by atoms with Crippen molar-refractivity contribution in [1.29, 1.82) is 0 Å². The van der Waals surface area contributed by atoms with Gasteiger partial charge < -0.3 is 39.9 Å². The fourth-order valence-corrected chi connectivity index (χ4v) is 18.9. The van der Waals surface area contributed by atoms with Crippen molar-refractivity contribution >= 4 is 97.9 Å². The number of sulfonamides is 1. The standard InChI is InChI=1S/C30H33FN6O2S.C29H30FN5O2S.C29H26FN3/c1-17(2)27-28(18(3)34-29(27)23-14-20(31)15-26-21(23)6-10-32-26)22-7-11-33-30-24(22)16-25(35-30)19-8-12-37(13-9-19)40(38,39)36(4)5;1-16(2)26-27(17(3)33-28(26)22-13-19(30)14-25-20(22)5-9-31-25)21-6-10-32-29-23(21)15-24(34-29)18-7-11-35(12-8-18)38(4,36)37;1-16(2)27-28(17(3)33-29(27)24-14-20(30)15-26-21(24)9-11-32-26)22-7-4-6-18-12-19(13-23(18)22)25-8-5-10-31-25/h6-8,10-11,14-17,32,34H,9,12-13H2,1-5H3,(H,33,35);5-7,9-10,13-16,31,33H,8,11-12H2,1-4H3,(H,32,34);4-9,11,13-16,32-33H,10,12H2,1-3H3. The predicted molar refractivity (Wildman–Crippen MR) is 445 cm³/mol. The van der Waals surface area contributed by atoms with Gasteiger partial charge >= 0.3 is 0 Å². The van der Waals surface area contributed by atoms with Gasteiger partial charge in [0.05, 0.1) is 35.6 Å². The molecule has 14 aromatic rings. The summed E-state index contributed by atoms with van der Waals surface area (Å²) in [6, 6.07) is 30.3. The molecule has 111 heavy (non-hydrogen) atoms. The Kier molecular flexibility index (Phi) is 19.3. The molecule has 13 heterocycles. The number of aliphatic imine (C=N–C) groups is 1. The van der Waals surface area contributed by atoms with Crippen molar-refractivity contribution in [1.82, 2.24) is 62.8 Å². The van der Waals surface area contributed by atoms with Crippen LogP contribution in [0.1, 0.15) is 128 Å². The van der Waals surface area contributed by atoms with Crippen molar-refractivity contribution in [3.63, 3.8) is 0 Å². The van der Waals surface area contributed by atoms with Crippen LogP contribution in [0.25, 0.3) is 139 Å². The second kappa shape index (κ2) is 29.0. The molecular formula is C88H89F3N14O4S2. The van der Waals surface area contributed by atoms with E-state index in [0.29, 0.717) is 39.0 Å². The number of nitrogens with zero attached hydrogens (tertiary/aromatic N) is 6. The minimum atomic E-state index is -3.45. The lowest BCUT2D eigenvalue weighted by Crippen LogP contribution is -2.42. The zero-order valence-electron chi connectivity index (χ0n) is 64.2. The van der Waals surface area contributed by atoms with Crippen LogP contribution < -0.4 is 0 Å². The maximum atomic E-state index is 14.6. The summed E-state index contributed by atoms with van der Waals surface area (Å²) in [6.45, 7) is 21.6. The number of benzene rings is 4. The van der Waals surface area contributed by atoms with Gasteiger partial charge in [0.2, 0.25) is 10.0 Å². The minimum Gasteiger partial charge on any atom is -0.361 e. The predicted octanol–water partition coefficient (Wildman–Crippen LogP) is 19.8. The quantitative estimate of drug-likeness (QED) is 0.0496. The first-order valence-electron chi connectivity index (χ1n) is 37.7. The van der Waals surface area contributed by atoms with Crippen LogP contribution in [0, 0.1) is 38.2 Å². The lowest BCUT2D eigenvalue weighted by atomic mass is 9.88. The van der Waals surface area contributed by atoms with Crippen LogP contribution in [0.15, 0.2) is 163 Å². The Morgan fingerprint density at radius 1 is 0.495 bits per heavy atom. The van der Waals surface area contributed by atoms with Crippen LogP contribution in [0.5, 0.6) is 0 Å². The van der Waals surface area contributed by atoms with Gasteiger partial charge in [0.15, 0.2) is 0 Å². The van der Waals surface area contributed by atoms with Crippen molar-refractivity contribution in [2.24, 2.45) is 4.99 Å². The third-order valence-corrected chi connectivity index (χ3v) is 25.3. The molecule has 10 aromatic heterocycles. The van der Waals surface area contributed by atoms with Crippen molar-refractivity contribution in [3.05, 3.63) is 232 Å². The van der Waals surface area contributed by atoms with E-state index in [1.807, 2.05) is 61.1 Å². The number of aryl methyl sites for hydroxylation is 3. The number of aromatic nitrogens is 10. The topological polar surface area (TPSA) is 242 Å². The van der Waals surface area contributed by atoms with E-state index in [1.54, 1.807) is 50.8 Å². The normalized spacial score (nSPS) is 15.1. The molecule has 8 N–H and O–H groups in total. The number of hydrogen-bond donors (Lipinski definition) is 8. The molecule has 18 nitrogen and oxygen atoms in total. The molecule has 568 valence electrons. The Hall–Kier alpha value is -11.1. The van der Waals surface area contributed by atoms with E-state index >= 15 is 0 Å². The first kappa shape index (κ1) is 74.0. The summed E-state index contributed by atoms with van der Waals surface area (Å²) >= 11 is 0. The molecule has 4 aliphatic rings. The summed E-state index contributed by atoms with van der Waals surface area (Å²) < 4.78 is 97.0. The van der Waals surface area contributed by atoms with E-state index in [9.17, 15) is 30.0 Å². The van der Waals surface area contributed by atoms with Crippen LogP contribution in [-0.2, 0) is 26.7 Å². The van der Waals surface area contributed by atoms with Crippen LogP contribution in [0.4, 0.5) is 13.2 Å². The molecule has 23 heteroatoms. The molecule has 0 unspecified atom stereocenters. The molecule has 0 saturated carbocycles. The molecular weight excluding hydrogens is 1440 g/mol. The van der Waals surface area contributed by atoms with Gasteiger partial charge in [-0.2, -0.15) is 21.3 Å². The van der Waals surface area contributed by atoms with Gasteiger partial charge in [0.1, 0.15) is 28.7 Å². The molecule has 0 radical (unpaired) electrons. The van der Waals surface area contributed by atoms with Gasteiger partial charge in [-0.25, -0.2) is 31.6 Å². The van der Waals surface area contributed by atoms with Crippen molar-refractivity contribution in [3.8, 4) is 67.2 Å². The Morgan fingerprint density at radius 3 is 1.32 bits per heavy atom. The summed E-state index contributed by atoms with van der Waals surface area (Å²) in [5, 5.41) is 4.95. The van der Waals surface area contributed by atoms with Gasteiger partial charge in [0.25, 0.3) is 10.2 Å². The molecule has 1 aliphatic carbocycles. The summed E-state index contributed by atoms with van der Waals surface area (Å²) in [6.07, 6.45) is 23.0. The fourth-order valence-electron chi connectivity index (χ4n) is 17.1. The molecule has 0 fully saturated rings. The monoisotopic (exact) mass is 1530 g/mol. The van der Waals surface area contributed by atoms with Crippen molar-refractivity contribution in [2.45, 2.75) is 99.3 Å². The second-order valence-corrected chi connectivity index (χ2v) is 34.7. The van der Waals surface area contributed by atoms with Gasteiger partial charge in [-0.05, 0) is 204 Å². The third-order valence-electron chi connectivity index (χ3n) is 22.2. The number of nitrogens with one attached hydrogen (secondary N) is 8. The molecule has 0 amide bonds. The number of hydrogen-bond acceptors (Lipinski definition) is 7. The Labute approximate surface area is 643 Å².